The number of benzene rings is 1. The van der Waals surface area contributed by atoms with Crippen molar-refractivity contribution in [2.45, 2.75) is 45.1 Å². The summed E-state index contributed by atoms with van der Waals surface area (Å²) in [5, 5.41) is 11.1. The smallest absolute Gasteiger partial charge is 0.263 e. The maximum absolute atomic E-state index is 12.4. The Kier molecular flexibility index (Phi) is 5.20. The van der Waals surface area contributed by atoms with Gasteiger partial charge in [-0.05, 0) is 62.6 Å². The summed E-state index contributed by atoms with van der Waals surface area (Å²) < 4.78 is 27.2. The first-order valence-corrected chi connectivity index (χ1v) is 9.00. The van der Waals surface area contributed by atoms with Crippen molar-refractivity contribution < 1.29 is 8.42 Å². The molecule has 1 aromatic heterocycles. The molecule has 1 unspecified atom stereocenters. The summed E-state index contributed by atoms with van der Waals surface area (Å²) in [7, 11) is -3.67. The molecular weight excluding hydrogens is 312 g/mol. The third kappa shape index (κ3) is 4.41. The molecule has 0 aliphatic heterocycles. The Morgan fingerprint density at radius 2 is 1.70 bits per heavy atom. The second-order valence-corrected chi connectivity index (χ2v) is 7.29. The number of aryl methyl sites for hydroxylation is 2. The van der Waals surface area contributed by atoms with Crippen LogP contribution in [0.4, 0.5) is 11.6 Å². The lowest BCUT2D eigenvalue weighted by Crippen LogP contribution is -2.17. The number of aromatic nitrogens is 2. The van der Waals surface area contributed by atoms with Crippen LogP contribution in [0.25, 0.3) is 0 Å². The largest absolute Gasteiger partial charge is 0.366 e. The molecular formula is C16H22N4O2S. The molecule has 0 bridgehead atoms. The summed E-state index contributed by atoms with van der Waals surface area (Å²) in [5.41, 5.74) is 1.97. The average Bonchev–Trinajstić information content (AvgIpc) is 2.51. The highest BCUT2D eigenvalue weighted by molar-refractivity contribution is 7.92. The lowest BCUT2D eigenvalue weighted by Gasteiger charge is -2.12. The Morgan fingerprint density at radius 1 is 1.04 bits per heavy atom. The van der Waals surface area contributed by atoms with E-state index in [1.807, 2.05) is 20.8 Å². The molecule has 0 amide bonds. The highest BCUT2D eigenvalue weighted by Gasteiger charge is 2.16. The van der Waals surface area contributed by atoms with Crippen LogP contribution in [0.3, 0.4) is 0 Å². The summed E-state index contributed by atoms with van der Waals surface area (Å²) in [4.78, 5) is 0.212. The monoisotopic (exact) mass is 334 g/mol. The van der Waals surface area contributed by atoms with Gasteiger partial charge in [-0.3, -0.25) is 4.72 Å². The van der Waals surface area contributed by atoms with Crippen LogP contribution in [0, 0.1) is 13.8 Å². The molecule has 2 rings (SSSR count). The summed E-state index contributed by atoms with van der Waals surface area (Å²) >= 11 is 0. The second kappa shape index (κ2) is 6.95. The second-order valence-electron chi connectivity index (χ2n) is 5.61. The van der Waals surface area contributed by atoms with Gasteiger partial charge in [-0.2, -0.15) is 0 Å². The van der Waals surface area contributed by atoms with Crippen LogP contribution < -0.4 is 10.0 Å². The highest BCUT2D eigenvalue weighted by Crippen LogP contribution is 2.18. The zero-order chi connectivity index (χ0) is 17.0. The van der Waals surface area contributed by atoms with Gasteiger partial charge >= 0.3 is 0 Å². The van der Waals surface area contributed by atoms with Crippen LogP contribution in [0.5, 0.6) is 0 Å². The van der Waals surface area contributed by atoms with Gasteiger partial charge in [0, 0.05) is 6.04 Å². The Balaban J connectivity index is 2.15. The molecule has 1 atom stereocenters. The molecule has 0 spiro atoms. The van der Waals surface area contributed by atoms with Crippen LogP contribution in [-0.4, -0.2) is 24.7 Å². The van der Waals surface area contributed by atoms with Gasteiger partial charge in [0.2, 0.25) is 0 Å². The molecule has 2 aromatic rings. The van der Waals surface area contributed by atoms with E-state index >= 15 is 0 Å². The van der Waals surface area contributed by atoms with E-state index < -0.39 is 10.0 Å². The molecule has 0 fully saturated rings. The average molecular weight is 334 g/mol. The topological polar surface area (TPSA) is 84.0 Å². The van der Waals surface area contributed by atoms with E-state index in [0.717, 1.165) is 17.5 Å². The minimum atomic E-state index is -3.67. The van der Waals surface area contributed by atoms with Crippen molar-refractivity contribution in [3.05, 3.63) is 41.5 Å². The number of nitrogens with zero attached hydrogens (tertiary/aromatic N) is 2. The Hall–Kier alpha value is -2.15. The van der Waals surface area contributed by atoms with E-state index in [4.69, 9.17) is 0 Å². The van der Waals surface area contributed by atoms with Crippen molar-refractivity contribution >= 4 is 21.7 Å². The third-order valence-electron chi connectivity index (χ3n) is 3.70. The third-order valence-corrected chi connectivity index (χ3v) is 5.05. The number of rotatable bonds is 6. The molecule has 1 heterocycles. The van der Waals surface area contributed by atoms with Crippen molar-refractivity contribution in [1.82, 2.24) is 10.2 Å². The lowest BCUT2D eigenvalue weighted by atomic mass is 10.1. The van der Waals surface area contributed by atoms with Gasteiger partial charge < -0.3 is 5.32 Å². The molecule has 0 aliphatic rings. The van der Waals surface area contributed by atoms with Crippen LogP contribution in [0.1, 0.15) is 31.4 Å². The van der Waals surface area contributed by atoms with E-state index in [1.54, 1.807) is 30.3 Å². The molecule has 6 nitrogen and oxygen atoms in total. The molecule has 0 saturated heterocycles. The van der Waals surface area contributed by atoms with Crippen LogP contribution in [0.2, 0.25) is 0 Å². The van der Waals surface area contributed by atoms with Crippen molar-refractivity contribution in [1.29, 1.82) is 0 Å². The van der Waals surface area contributed by atoms with Crippen LogP contribution in [0.15, 0.2) is 35.2 Å². The molecule has 1 aromatic carbocycles. The van der Waals surface area contributed by atoms with E-state index in [0.29, 0.717) is 5.82 Å². The summed E-state index contributed by atoms with van der Waals surface area (Å²) in [5.74, 6) is 0.811. The van der Waals surface area contributed by atoms with E-state index in [9.17, 15) is 8.42 Å². The SMILES string of the molecule is CCC(C)Nc1ccc(NS(=O)(=O)c2ccc(C)c(C)c2)nn1. The normalized spacial score (nSPS) is 12.7. The highest BCUT2D eigenvalue weighted by atomic mass is 32.2. The van der Waals surface area contributed by atoms with Gasteiger partial charge in [0.05, 0.1) is 4.90 Å². The van der Waals surface area contributed by atoms with Gasteiger partial charge in [-0.1, -0.05) is 13.0 Å². The Morgan fingerprint density at radius 3 is 2.26 bits per heavy atom. The molecule has 0 radical (unpaired) electrons. The van der Waals surface area contributed by atoms with Crippen molar-refractivity contribution in [2.75, 3.05) is 10.0 Å². The summed E-state index contributed by atoms with van der Waals surface area (Å²) in [6, 6.07) is 8.59. The number of sulfonamides is 1. The number of anilines is 2. The zero-order valence-electron chi connectivity index (χ0n) is 13.8. The van der Waals surface area contributed by atoms with Crippen LogP contribution in [-0.2, 0) is 10.0 Å². The molecule has 2 N–H and O–H groups in total. The van der Waals surface area contributed by atoms with Crippen LogP contribution >= 0.6 is 0 Å². The quantitative estimate of drug-likeness (QED) is 0.848. The van der Waals surface area contributed by atoms with Gasteiger partial charge in [-0.25, -0.2) is 8.42 Å². The number of hydrogen-bond acceptors (Lipinski definition) is 5. The Labute approximate surface area is 137 Å². The Bertz CT molecular complexity index is 773. The molecule has 124 valence electrons. The predicted octanol–water partition coefficient (Wildman–Crippen LogP) is 3.10. The maximum Gasteiger partial charge on any atom is 0.263 e. The molecule has 0 saturated carbocycles. The number of nitrogens with one attached hydrogen (secondary N) is 2. The number of hydrogen-bond donors (Lipinski definition) is 2. The first kappa shape index (κ1) is 17.2. The fourth-order valence-electron chi connectivity index (χ4n) is 1.90. The standard InChI is InChI=1S/C16H22N4O2S/c1-5-13(4)17-15-8-9-16(19-18-15)20-23(21,22)14-7-6-11(2)12(3)10-14/h6-10,13H,5H2,1-4H3,(H,17,18)(H,19,20). The zero-order valence-corrected chi connectivity index (χ0v) is 14.6. The van der Waals surface area contributed by atoms with Crippen molar-refractivity contribution in [3.63, 3.8) is 0 Å². The van der Waals surface area contributed by atoms with Gasteiger partial charge in [-0.15, -0.1) is 10.2 Å². The molecule has 23 heavy (non-hydrogen) atoms. The van der Waals surface area contributed by atoms with E-state index in [1.165, 1.54) is 0 Å². The minimum absolute atomic E-state index is 0.193. The summed E-state index contributed by atoms with van der Waals surface area (Å²) in [6.07, 6.45) is 0.961. The van der Waals surface area contributed by atoms with Crippen molar-refractivity contribution in [2.24, 2.45) is 0 Å². The van der Waals surface area contributed by atoms with Gasteiger partial charge in [0.25, 0.3) is 10.0 Å². The van der Waals surface area contributed by atoms with Gasteiger partial charge in [0.15, 0.2) is 5.82 Å². The minimum Gasteiger partial charge on any atom is -0.366 e. The van der Waals surface area contributed by atoms with E-state index in [2.05, 4.69) is 27.2 Å². The maximum atomic E-state index is 12.4. The lowest BCUT2D eigenvalue weighted by molar-refractivity contribution is 0.601. The summed E-state index contributed by atoms with van der Waals surface area (Å²) in [6.45, 7) is 7.92. The fraction of sp³-hybridized carbons (Fsp3) is 0.375. The van der Waals surface area contributed by atoms with Gasteiger partial charge in [0.1, 0.15) is 5.82 Å². The first-order chi connectivity index (χ1) is 10.8. The van der Waals surface area contributed by atoms with E-state index in [-0.39, 0.29) is 16.8 Å². The first-order valence-electron chi connectivity index (χ1n) is 7.52. The molecule has 0 aliphatic carbocycles. The molecule has 7 heteroatoms. The fourth-order valence-corrected chi connectivity index (χ4v) is 2.98. The predicted molar refractivity (Wildman–Crippen MR) is 92.1 cm³/mol. The van der Waals surface area contributed by atoms with Crippen molar-refractivity contribution in [3.8, 4) is 0 Å².